The number of halogens is 1. The average Bonchev–Trinajstić information content (AvgIpc) is 3.73. The molecular formula is C37H53ClN8O9. The number of nitrogens with one attached hydrogen (secondary N) is 1. The van der Waals surface area contributed by atoms with Crippen molar-refractivity contribution in [2.45, 2.75) is 116 Å². The van der Waals surface area contributed by atoms with E-state index in [2.05, 4.69) is 20.3 Å². The summed E-state index contributed by atoms with van der Waals surface area (Å²) in [5.41, 5.74) is 6.39. The summed E-state index contributed by atoms with van der Waals surface area (Å²) in [7, 11) is 0. The zero-order valence-electron chi connectivity index (χ0n) is 32.7. The molecule has 3 aromatic rings. The molecule has 2 fully saturated rings. The second-order valence-electron chi connectivity index (χ2n) is 16.2. The fourth-order valence-corrected chi connectivity index (χ4v) is 6.58. The number of anilines is 1. The molecule has 302 valence electrons. The van der Waals surface area contributed by atoms with E-state index in [4.69, 9.17) is 41.0 Å². The summed E-state index contributed by atoms with van der Waals surface area (Å²) in [6.45, 7) is 15.4. The number of imidazole rings is 1. The molecule has 18 heteroatoms. The summed E-state index contributed by atoms with van der Waals surface area (Å²) in [4.78, 5) is 55.0. The van der Waals surface area contributed by atoms with Crippen LogP contribution in [0.4, 0.5) is 15.4 Å². The number of nitrogens with two attached hydrogens (primary N) is 1. The zero-order chi connectivity index (χ0) is 40.3. The lowest BCUT2D eigenvalue weighted by Crippen LogP contribution is -2.48. The lowest BCUT2D eigenvalue weighted by atomic mass is 10.1. The lowest BCUT2D eigenvalue weighted by molar-refractivity contribution is -0.198. The quantitative estimate of drug-likeness (QED) is 0.204. The summed E-state index contributed by atoms with van der Waals surface area (Å²) in [5, 5.41) is 13.2. The highest BCUT2D eigenvalue weighted by Crippen LogP contribution is 2.44. The van der Waals surface area contributed by atoms with Crippen LogP contribution in [0.3, 0.4) is 0 Å². The van der Waals surface area contributed by atoms with Gasteiger partial charge in [-0.2, -0.15) is 0 Å². The van der Waals surface area contributed by atoms with E-state index in [1.807, 2.05) is 30.9 Å². The van der Waals surface area contributed by atoms with Crippen molar-refractivity contribution < 1.29 is 43.2 Å². The minimum atomic E-state index is -1.26. The third kappa shape index (κ3) is 11.4. The molecule has 55 heavy (non-hydrogen) atoms. The molecule has 2 aliphatic heterocycles. The third-order valence-corrected chi connectivity index (χ3v) is 9.12. The summed E-state index contributed by atoms with van der Waals surface area (Å²) < 4.78 is 32.3. The van der Waals surface area contributed by atoms with E-state index in [0.29, 0.717) is 35.7 Å². The molecule has 0 radical (unpaired) electrons. The van der Waals surface area contributed by atoms with E-state index in [1.54, 1.807) is 69.5 Å². The first-order valence-electron chi connectivity index (χ1n) is 18.3. The predicted octanol–water partition coefficient (Wildman–Crippen LogP) is 4.63. The van der Waals surface area contributed by atoms with Gasteiger partial charge in [0.05, 0.1) is 6.33 Å². The normalized spacial score (nSPS) is 21.3. The number of rotatable bonds is 14. The number of carboxylic acids is 1. The Morgan fingerprint density at radius 2 is 1.65 bits per heavy atom. The number of fused-ring (bicyclic) bond motifs is 2. The second-order valence-corrected chi connectivity index (χ2v) is 16.6. The van der Waals surface area contributed by atoms with Crippen LogP contribution in [0, 0.1) is 0 Å². The van der Waals surface area contributed by atoms with Crippen LogP contribution in [0.5, 0.6) is 0 Å². The summed E-state index contributed by atoms with van der Waals surface area (Å²) in [5.74, 6) is -1.93. The Hall–Kier alpha value is -4.29. The zero-order valence-corrected chi connectivity index (χ0v) is 33.4. The fourth-order valence-electron chi connectivity index (χ4n) is 6.45. The van der Waals surface area contributed by atoms with E-state index >= 15 is 0 Å². The molecule has 5 rings (SSSR count). The number of nitrogens with zero attached hydrogens (tertiary/aromatic N) is 6. The van der Waals surface area contributed by atoms with Gasteiger partial charge in [0.25, 0.3) is 0 Å². The smallest absolute Gasteiger partial charge is 0.410 e. The van der Waals surface area contributed by atoms with Crippen LogP contribution < -0.4 is 11.1 Å². The highest BCUT2D eigenvalue weighted by atomic mass is 35.5. The van der Waals surface area contributed by atoms with Gasteiger partial charge in [-0.15, -0.1) is 0 Å². The van der Waals surface area contributed by atoms with Crippen LogP contribution in [-0.4, -0.2) is 127 Å². The molecule has 2 aliphatic rings. The maximum absolute atomic E-state index is 13.5. The molecule has 17 nitrogen and oxygen atoms in total. The molecule has 0 aliphatic carbocycles. The monoisotopic (exact) mass is 788 g/mol. The first-order valence-corrected chi connectivity index (χ1v) is 18.7. The Labute approximate surface area is 325 Å². The molecule has 0 spiro atoms. The third-order valence-electron chi connectivity index (χ3n) is 8.87. The van der Waals surface area contributed by atoms with Gasteiger partial charge < -0.3 is 44.7 Å². The molecule has 1 aromatic carbocycles. The van der Waals surface area contributed by atoms with Crippen LogP contribution in [0.25, 0.3) is 11.2 Å². The van der Waals surface area contributed by atoms with Gasteiger partial charge in [0.1, 0.15) is 47.4 Å². The highest BCUT2D eigenvalue weighted by Gasteiger charge is 2.56. The Morgan fingerprint density at radius 3 is 2.31 bits per heavy atom. The first kappa shape index (κ1) is 41.9. The van der Waals surface area contributed by atoms with Crippen LogP contribution in [0.1, 0.15) is 73.6 Å². The molecule has 0 saturated carbocycles. The van der Waals surface area contributed by atoms with Crippen molar-refractivity contribution in [1.29, 1.82) is 0 Å². The molecule has 2 aromatic heterocycles. The number of aromatic nitrogens is 4. The minimum Gasteiger partial charge on any atom is -0.480 e. The number of carboxylic acid groups (broad SMARTS) is 1. The first-order chi connectivity index (χ1) is 25.7. The van der Waals surface area contributed by atoms with Gasteiger partial charge in [0.15, 0.2) is 23.5 Å². The van der Waals surface area contributed by atoms with Crippen LogP contribution in [-0.2, 0) is 34.9 Å². The predicted molar refractivity (Wildman–Crippen MR) is 202 cm³/mol. The minimum absolute atomic E-state index is 0.0151. The van der Waals surface area contributed by atoms with Gasteiger partial charge in [-0.3, -0.25) is 9.47 Å². The summed E-state index contributed by atoms with van der Waals surface area (Å²) in [6, 6.07) is 6.15. The SMILES string of the molecule is CC(C)(C)OC(=O)N[C@@H](CCN(CCN(CCc1ccc(Cl)cc1)C(=O)OC(C)(C)C)C[C@H]1O[C@@H](n2cnc3c(N)ncnc32)[C@@H]2OC(C)(C)O[C@@H]21)C(=O)O. The molecule has 2 saturated heterocycles. The van der Waals surface area contributed by atoms with Gasteiger partial charge in [-0.25, -0.2) is 29.3 Å². The number of ether oxygens (including phenoxy) is 5. The lowest BCUT2D eigenvalue weighted by Gasteiger charge is -2.32. The average molecular weight is 789 g/mol. The van der Waals surface area contributed by atoms with Gasteiger partial charge in [-0.05, 0) is 85.9 Å². The van der Waals surface area contributed by atoms with Crippen molar-refractivity contribution in [2.24, 2.45) is 0 Å². The van der Waals surface area contributed by atoms with Gasteiger partial charge >= 0.3 is 18.2 Å². The number of amides is 2. The standard InChI is InChI=1S/C37H53ClN8O9/c1-35(2,3)54-33(49)43-24(32(47)48)14-15-44(17-18-45(34(50)55-36(4,5)6)16-13-22-9-11-23(38)12-10-22)19-25-27-28(53-37(7,8)52-27)31(51-25)46-21-42-26-29(39)40-20-41-30(26)46/h9-12,20-21,24-25,27-28,31H,13-19H2,1-8H3,(H,43,49)(H,47,48)(H2,39,40,41)/t24-,25+,27+,28+,31+/m0/s1. The van der Waals surface area contributed by atoms with Crippen molar-refractivity contribution in [3.05, 3.63) is 47.5 Å². The van der Waals surface area contributed by atoms with Crippen molar-refractivity contribution in [3.63, 3.8) is 0 Å². The number of carbonyl (C=O) groups excluding carboxylic acids is 2. The molecule has 5 atom stereocenters. The number of aliphatic carboxylic acids is 1. The van der Waals surface area contributed by atoms with Crippen molar-refractivity contribution in [3.8, 4) is 0 Å². The van der Waals surface area contributed by atoms with Crippen molar-refractivity contribution in [1.82, 2.24) is 34.6 Å². The molecule has 0 bridgehead atoms. The Kier molecular flexibility index (Phi) is 12.8. The summed E-state index contributed by atoms with van der Waals surface area (Å²) in [6.07, 6.45) is -0.230. The number of alkyl carbamates (subject to hydrolysis) is 1. The largest absolute Gasteiger partial charge is 0.480 e. The van der Waals surface area contributed by atoms with Crippen molar-refractivity contribution in [2.75, 3.05) is 38.5 Å². The van der Waals surface area contributed by atoms with Gasteiger partial charge in [0, 0.05) is 37.7 Å². The summed E-state index contributed by atoms with van der Waals surface area (Å²) >= 11 is 6.10. The Bertz CT molecular complexity index is 1810. The fraction of sp³-hybridized carbons (Fsp3) is 0.622. The van der Waals surface area contributed by atoms with Crippen LogP contribution in [0.2, 0.25) is 5.02 Å². The molecule has 4 heterocycles. The van der Waals surface area contributed by atoms with E-state index < -0.39 is 65.7 Å². The van der Waals surface area contributed by atoms with E-state index in [9.17, 15) is 19.5 Å². The topological polar surface area (TPSA) is 206 Å². The molecular weight excluding hydrogens is 736 g/mol. The number of carbonyl (C=O) groups is 3. The van der Waals surface area contributed by atoms with Gasteiger partial charge in [0.2, 0.25) is 0 Å². The maximum atomic E-state index is 13.5. The number of benzene rings is 1. The molecule has 4 N–H and O–H groups in total. The van der Waals surface area contributed by atoms with E-state index in [1.165, 1.54) is 6.33 Å². The second kappa shape index (κ2) is 16.8. The van der Waals surface area contributed by atoms with Crippen molar-refractivity contribution >= 4 is 46.7 Å². The maximum Gasteiger partial charge on any atom is 0.410 e. The Balaban J connectivity index is 1.39. The highest BCUT2D eigenvalue weighted by molar-refractivity contribution is 6.30. The van der Waals surface area contributed by atoms with Crippen LogP contribution in [0.15, 0.2) is 36.9 Å². The number of hydrogen-bond acceptors (Lipinski definition) is 13. The number of nitrogen functional groups attached to an aromatic ring is 1. The molecule has 0 unspecified atom stereocenters. The Morgan fingerprint density at radius 1 is 0.982 bits per heavy atom. The van der Waals surface area contributed by atoms with E-state index in [-0.39, 0.29) is 31.9 Å². The van der Waals surface area contributed by atoms with Crippen LogP contribution >= 0.6 is 11.6 Å². The van der Waals surface area contributed by atoms with Gasteiger partial charge in [-0.1, -0.05) is 23.7 Å². The molecule has 2 amide bonds. The van der Waals surface area contributed by atoms with E-state index in [0.717, 1.165) is 5.56 Å². The number of hydrogen-bond donors (Lipinski definition) is 3.